The van der Waals surface area contributed by atoms with Crippen molar-refractivity contribution in [3.05, 3.63) is 71.3 Å². The number of carbonyl (C=O) groups excluding carboxylic acids is 1. The van der Waals surface area contributed by atoms with Crippen molar-refractivity contribution >= 4 is 18.3 Å². The largest absolute Gasteiger partial charge is 0.416 e. The number of hydrogen-bond donors (Lipinski definition) is 3. The highest BCUT2D eigenvalue weighted by molar-refractivity contribution is 5.85. The molecule has 0 saturated carbocycles. The Kier molecular flexibility index (Phi) is 7.09. The monoisotopic (exact) mass is 414 g/mol. The average molecular weight is 415 g/mol. The first-order valence-corrected chi connectivity index (χ1v) is 8.73. The fourth-order valence-corrected chi connectivity index (χ4v) is 3.45. The van der Waals surface area contributed by atoms with Crippen molar-refractivity contribution in [1.29, 1.82) is 0 Å². The molecular weight excluding hydrogens is 393 g/mol. The van der Waals surface area contributed by atoms with Crippen molar-refractivity contribution in [2.24, 2.45) is 0 Å². The first kappa shape index (κ1) is 22.2. The van der Waals surface area contributed by atoms with Crippen molar-refractivity contribution in [2.75, 3.05) is 13.1 Å². The zero-order valence-corrected chi connectivity index (χ0v) is 15.8. The van der Waals surface area contributed by atoms with Gasteiger partial charge >= 0.3 is 6.18 Å². The van der Waals surface area contributed by atoms with E-state index in [1.807, 2.05) is 30.3 Å². The fourth-order valence-electron chi connectivity index (χ4n) is 3.45. The quantitative estimate of drug-likeness (QED) is 0.720. The van der Waals surface area contributed by atoms with E-state index in [4.69, 9.17) is 0 Å². The molecule has 4 nitrogen and oxygen atoms in total. The Morgan fingerprint density at radius 3 is 2.36 bits per heavy atom. The molecular formula is C20H22ClF3N2O2. The highest BCUT2D eigenvalue weighted by Gasteiger charge is 2.42. The Hall–Kier alpha value is -2.09. The second kappa shape index (κ2) is 8.94. The van der Waals surface area contributed by atoms with E-state index in [1.54, 1.807) is 0 Å². The first-order valence-electron chi connectivity index (χ1n) is 8.73. The lowest BCUT2D eigenvalue weighted by atomic mass is 9.79. The van der Waals surface area contributed by atoms with Gasteiger partial charge in [-0.15, -0.1) is 12.4 Å². The number of aliphatic hydroxyl groups is 1. The lowest BCUT2D eigenvalue weighted by Crippen LogP contribution is -2.61. The van der Waals surface area contributed by atoms with Crippen LogP contribution in [0.15, 0.2) is 54.6 Å². The molecule has 0 radical (unpaired) electrons. The summed E-state index contributed by atoms with van der Waals surface area (Å²) in [7, 11) is 0. The Bertz CT molecular complexity index is 784. The van der Waals surface area contributed by atoms with Crippen LogP contribution in [0.25, 0.3) is 0 Å². The van der Waals surface area contributed by atoms with E-state index >= 15 is 0 Å². The van der Waals surface area contributed by atoms with Crippen LogP contribution in [0.3, 0.4) is 0 Å². The van der Waals surface area contributed by atoms with Crippen LogP contribution in [0.2, 0.25) is 0 Å². The van der Waals surface area contributed by atoms with Crippen LogP contribution in [0.1, 0.15) is 23.1 Å². The standard InChI is InChI=1S/C20H21F3N2O2.ClH/c21-20(22,23)16-8-6-14(7-9-16)12-18(27)25-19(10-11-24-13-17(19)26)15-4-2-1-3-5-15;/h1-9,17,24,26H,10-13H2,(H,25,27);1H/t17-,19+;/m1./s1. The molecule has 0 spiro atoms. The Morgan fingerprint density at radius 2 is 1.79 bits per heavy atom. The van der Waals surface area contributed by atoms with Crippen LogP contribution in [0.4, 0.5) is 13.2 Å². The van der Waals surface area contributed by atoms with Gasteiger partial charge < -0.3 is 15.7 Å². The lowest BCUT2D eigenvalue weighted by Gasteiger charge is -2.43. The first-order chi connectivity index (χ1) is 12.8. The molecule has 1 fully saturated rings. The van der Waals surface area contributed by atoms with Crippen LogP contribution < -0.4 is 10.6 Å². The summed E-state index contributed by atoms with van der Waals surface area (Å²) in [6.07, 6.45) is -4.77. The summed E-state index contributed by atoms with van der Waals surface area (Å²) < 4.78 is 38.0. The smallest absolute Gasteiger partial charge is 0.389 e. The second-order valence-corrected chi connectivity index (χ2v) is 6.73. The zero-order valence-electron chi connectivity index (χ0n) is 15.0. The van der Waals surface area contributed by atoms with Gasteiger partial charge in [-0.05, 0) is 36.2 Å². The maximum absolute atomic E-state index is 12.7. The summed E-state index contributed by atoms with van der Waals surface area (Å²) in [5, 5.41) is 16.6. The van der Waals surface area contributed by atoms with Gasteiger partial charge in [0.15, 0.2) is 0 Å². The molecule has 2 aromatic rings. The molecule has 1 saturated heterocycles. The minimum atomic E-state index is -4.41. The van der Waals surface area contributed by atoms with Crippen molar-refractivity contribution in [1.82, 2.24) is 10.6 Å². The maximum atomic E-state index is 12.7. The van der Waals surface area contributed by atoms with Crippen molar-refractivity contribution < 1.29 is 23.1 Å². The van der Waals surface area contributed by atoms with Gasteiger partial charge in [0.1, 0.15) is 0 Å². The lowest BCUT2D eigenvalue weighted by molar-refractivity contribution is -0.137. The number of nitrogens with one attached hydrogen (secondary N) is 2. The van der Waals surface area contributed by atoms with Crippen molar-refractivity contribution in [3.63, 3.8) is 0 Å². The second-order valence-electron chi connectivity index (χ2n) is 6.73. The van der Waals surface area contributed by atoms with E-state index in [1.165, 1.54) is 12.1 Å². The zero-order chi connectivity index (χ0) is 19.5. The molecule has 1 aliphatic heterocycles. The number of β-amino-alcohol motifs (C(OH)–C–C–N with tert-alkyl or cyclic N) is 1. The van der Waals surface area contributed by atoms with Crippen molar-refractivity contribution in [2.45, 2.75) is 30.7 Å². The summed E-state index contributed by atoms with van der Waals surface area (Å²) >= 11 is 0. The molecule has 0 bridgehead atoms. The minimum Gasteiger partial charge on any atom is -0.389 e. The van der Waals surface area contributed by atoms with Gasteiger partial charge in [0.2, 0.25) is 5.91 Å². The molecule has 0 aliphatic carbocycles. The molecule has 3 N–H and O–H groups in total. The molecule has 0 aromatic heterocycles. The number of benzene rings is 2. The summed E-state index contributed by atoms with van der Waals surface area (Å²) in [5.74, 6) is -0.348. The fraction of sp³-hybridized carbons (Fsp3) is 0.350. The Balaban J connectivity index is 0.00000280. The molecule has 1 heterocycles. The van der Waals surface area contributed by atoms with Gasteiger partial charge in [0.05, 0.1) is 23.6 Å². The highest BCUT2D eigenvalue weighted by Crippen LogP contribution is 2.32. The summed E-state index contributed by atoms with van der Waals surface area (Å²) in [4.78, 5) is 12.6. The van der Waals surface area contributed by atoms with Crippen molar-refractivity contribution in [3.8, 4) is 0 Å². The number of piperidine rings is 1. The molecule has 3 rings (SSSR count). The number of hydrogen-bond acceptors (Lipinski definition) is 3. The van der Waals surface area contributed by atoms with Crippen LogP contribution >= 0.6 is 12.4 Å². The van der Waals surface area contributed by atoms with E-state index in [-0.39, 0.29) is 24.7 Å². The predicted octanol–water partition coefficient (Wildman–Crippen LogP) is 3.04. The molecule has 0 unspecified atom stereocenters. The predicted molar refractivity (Wildman–Crippen MR) is 102 cm³/mol. The number of alkyl halides is 3. The van der Waals surface area contributed by atoms with E-state index < -0.39 is 23.4 Å². The summed E-state index contributed by atoms with van der Waals surface area (Å²) in [6, 6.07) is 13.8. The van der Waals surface area contributed by atoms with Crippen LogP contribution in [0.5, 0.6) is 0 Å². The molecule has 1 amide bonds. The number of carbonyl (C=O) groups is 1. The van der Waals surface area contributed by atoms with E-state index in [0.717, 1.165) is 17.7 Å². The third kappa shape index (κ3) is 4.84. The molecule has 28 heavy (non-hydrogen) atoms. The number of halogens is 4. The normalized spacial score (nSPS) is 22.2. The highest BCUT2D eigenvalue weighted by atomic mass is 35.5. The summed E-state index contributed by atoms with van der Waals surface area (Å²) in [6.45, 7) is 0.974. The van der Waals surface area contributed by atoms with Gasteiger partial charge in [-0.25, -0.2) is 0 Å². The SMILES string of the molecule is Cl.O=C(Cc1ccc(C(F)(F)F)cc1)N[C@]1(c2ccccc2)CCNC[C@H]1O. The Labute approximate surface area is 167 Å². The van der Waals surface area contributed by atoms with E-state index in [2.05, 4.69) is 10.6 Å². The third-order valence-electron chi connectivity index (χ3n) is 4.90. The molecule has 8 heteroatoms. The summed E-state index contributed by atoms with van der Waals surface area (Å²) in [5.41, 5.74) is -0.386. The van der Waals surface area contributed by atoms with E-state index in [9.17, 15) is 23.1 Å². The van der Waals surface area contributed by atoms with Crippen LogP contribution in [-0.4, -0.2) is 30.2 Å². The average Bonchev–Trinajstić information content (AvgIpc) is 2.64. The van der Waals surface area contributed by atoms with Crippen LogP contribution in [-0.2, 0) is 22.9 Å². The molecule has 2 aromatic carbocycles. The maximum Gasteiger partial charge on any atom is 0.416 e. The number of amides is 1. The topological polar surface area (TPSA) is 61.4 Å². The van der Waals surface area contributed by atoms with Gasteiger partial charge in [0.25, 0.3) is 0 Å². The molecule has 1 aliphatic rings. The van der Waals surface area contributed by atoms with Crippen LogP contribution in [0, 0.1) is 0 Å². The van der Waals surface area contributed by atoms with Gasteiger partial charge in [0, 0.05) is 6.54 Å². The van der Waals surface area contributed by atoms with E-state index in [0.29, 0.717) is 25.1 Å². The Morgan fingerprint density at radius 1 is 1.14 bits per heavy atom. The van der Waals surface area contributed by atoms with Gasteiger partial charge in [-0.3, -0.25) is 4.79 Å². The van der Waals surface area contributed by atoms with Gasteiger partial charge in [-0.1, -0.05) is 42.5 Å². The molecule has 2 atom stereocenters. The minimum absolute atomic E-state index is 0. The molecule has 152 valence electrons. The third-order valence-corrected chi connectivity index (χ3v) is 4.90. The number of rotatable bonds is 4. The van der Waals surface area contributed by atoms with Gasteiger partial charge in [-0.2, -0.15) is 13.2 Å². The number of aliphatic hydroxyl groups excluding tert-OH is 1.